The summed E-state index contributed by atoms with van der Waals surface area (Å²) in [7, 11) is 0. The molecule has 33 heavy (non-hydrogen) atoms. The van der Waals surface area contributed by atoms with Crippen LogP contribution in [0.25, 0.3) is 0 Å². The second kappa shape index (κ2) is 9.28. The van der Waals surface area contributed by atoms with Crippen molar-refractivity contribution in [2.45, 2.75) is 45.8 Å². The van der Waals surface area contributed by atoms with E-state index in [9.17, 15) is 24.3 Å². The molecule has 168 valence electrons. The first-order chi connectivity index (χ1) is 15.8. The van der Waals surface area contributed by atoms with Crippen molar-refractivity contribution in [2.75, 3.05) is 0 Å². The Balaban J connectivity index is 2.15. The Bertz CT molecular complexity index is 1370. The highest BCUT2D eigenvalue weighted by atomic mass is 16.3. The van der Waals surface area contributed by atoms with Crippen molar-refractivity contribution < 1.29 is 14.7 Å². The van der Waals surface area contributed by atoms with E-state index < -0.39 is 47.7 Å². The lowest BCUT2D eigenvalue weighted by atomic mass is 10.1. The van der Waals surface area contributed by atoms with Crippen LogP contribution >= 0.6 is 0 Å². The second-order valence-electron chi connectivity index (χ2n) is 7.10. The maximum atomic E-state index is 13.0. The highest BCUT2D eigenvalue weighted by molar-refractivity contribution is 6.23. The van der Waals surface area contributed by atoms with E-state index in [0.29, 0.717) is 22.0 Å². The number of aromatic hydroxyl groups is 1. The summed E-state index contributed by atoms with van der Waals surface area (Å²) in [4.78, 5) is 51.9. The summed E-state index contributed by atoms with van der Waals surface area (Å²) in [6.45, 7) is 2.49. The van der Waals surface area contributed by atoms with E-state index >= 15 is 0 Å². The van der Waals surface area contributed by atoms with Crippen LogP contribution in [0.15, 0.2) is 38.0 Å². The normalized spacial score (nSPS) is 12.9. The van der Waals surface area contributed by atoms with Crippen LogP contribution in [0.3, 0.4) is 0 Å². The van der Waals surface area contributed by atoms with Crippen molar-refractivity contribution >= 4 is 23.2 Å². The molecule has 0 saturated heterocycles. The number of hydrogen-bond acceptors (Lipinski definition) is 9. The second-order valence-corrected chi connectivity index (χ2v) is 7.10. The van der Waals surface area contributed by atoms with Gasteiger partial charge in [0.05, 0.1) is 29.0 Å². The van der Waals surface area contributed by atoms with Gasteiger partial charge in [-0.2, -0.15) is 10.5 Å². The minimum atomic E-state index is -1.09. The number of carbonyl (C=O) groups excluding carboxylic acids is 2. The average molecular weight is 449 g/mol. The lowest BCUT2D eigenvalue weighted by Crippen LogP contribution is -2.39. The smallest absolute Gasteiger partial charge is 0.335 e. The topological polar surface area (TPSA) is 174 Å². The molecule has 12 nitrogen and oxygen atoms in total. The van der Waals surface area contributed by atoms with E-state index in [1.807, 2.05) is 13.8 Å². The molecule has 0 radical (unpaired) electrons. The maximum Gasteiger partial charge on any atom is 0.335 e. The molecule has 0 unspecified atom stereocenters. The third-order valence-corrected chi connectivity index (χ3v) is 5.32. The molecule has 0 spiro atoms. The first-order valence-electron chi connectivity index (χ1n) is 10.0. The van der Waals surface area contributed by atoms with Gasteiger partial charge in [-0.1, -0.05) is 19.9 Å². The van der Waals surface area contributed by atoms with Crippen LogP contribution in [-0.2, 0) is 13.1 Å². The van der Waals surface area contributed by atoms with Crippen LogP contribution in [0.5, 0.6) is 5.88 Å². The minimum absolute atomic E-state index is 0.0111. The largest absolute Gasteiger partial charge is 0.493 e. The van der Waals surface area contributed by atoms with Gasteiger partial charge in [-0.15, -0.1) is 10.2 Å². The number of rotatable bonds is 7. The number of hydrogen-bond donors (Lipinski definition) is 1. The van der Waals surface area contributed by atoms with Gasteiger partial charge >= 0.3 is 5.69 Å². The monoisotopic (exact) mass is 449 g/mol. The summed E-state index contributed by atoms with van der Waals surface area (Å²) in [5, 5.41) is 35.8. The van der Waals surface area contributed by atoms with Crippen molar-refractivity contribution in [3.05, 3.63) is 50.2 Å². The molecule has 2 amide bonds. The van der Waals surface area contributed by atoms with E-state index in [2.05, 4.69) is 10.2 Å². The Labute approximate surface area is 187 Å². The fraction of sp³-hybridized carbons (Fsp3) is 0.333. The Morgan fingerprint density at radius 1 is 0.970 bits per heavy atom. The molecule has 1 aliphatic rings. The Kier molecular flexibility index (Phi) is 6.49. The van der Waals surface area contributed by atoms with E-state index in [-0.39, 0.29) is 22.9 Å². The number of benzene rings is 1. The number of fused-ring (bicyclic) bond motifs is 1. The van der Waals surface area contributed by atoms with Crippen LogP contribution in [0.1, 0.15) is 47.4 Å². The molecule has 1 aromatic heterocycles. The molecule has 1 N–H and O–H groups in total. The highest BCUT2D eigenvalue weighted by Crippen LogP contribution is 2.34. The van der Waals surface area contributed by atoms with Gasteiger partial charge in [-0.25, -0.2) is 13.9 Å². The summed E-state index contributed by atoms with van der Waals surface area (Å²) in [5.74, 6) is -1.90. The van der Waals surface area contributed by atoms with Crippen LogP contribution in [0, 0.1) is 22.7 Å². The maximum absolute atomic E-state index is 13.0. The zero-order chi connectivity index (χ0) is 24.3. The van der Waals surface area contributed by atoms with Gasteiger partial charge in [0.15, 0.2) is 0 Å². The molecule has 0 atom stereocenters. The van der Waals surface area contributed by atoms with Crippen LogP contribution in [0.4, 0.5) is 11.4 Å². The number of nitriles is 2. The lowest BCUT2D eigenvalue weighted by Gasteiger charge is -2.23. The molecule has 2 heterocycles. The Hall–Kier alpha value is -4.58. The lowest BCUT2D eigenvalue weighted by molar-refractivity contribution is 0.0576. The Morgan fingerprint density at radius 3 is 2.21 bits per heavy atom. The van der Waals surface area contributed by atoms with E-state index in [1.54, 1.807) is 12.1 Å². The molecule has 0 bridgehead atoms. The van der Waals surface area contributed by atoms with Crippen molar-refractivity contribution in [3.8, 4) is 18.0 Å². The first-order valence-corrected chi connectivity index (χ1v) is 10.0. The van der Waals surface area contributed by atoms with Gasteiger partial charge in [0.2, 0.25) is 11.6 Å². The first kappa shape index (κ1) is 23.1. The van der Waals surface area contributed by atoms with Crippen molar-refractivity contribution in [1.29, 1.82) is 10.5 Å². The van der Waals surface area contributed by atoms with E-state index in [1.165, 1.54) is 23.1 Å². The molecular formula is C21H19N7O5. The summed E-state index contributed by atoms with van der Waals surface area (Å²) < 4.78 is 1.08. The summed E-state index contributed by atoms with van der Waals surface area (Å²) in [6.07, 6.45) is 1.15. The van der Waals surface area contributed by atoms with E-state index in [4.69, 9.17) is 10.5 Å². The zero-order valence-electron chi connectivity index (χ0n) is 17.8. The standard InChI is InChI=1S/C21H19N7O5/c1-3-12(4-2)28-17(29)13-6-5-7-14(15(13)18(28)30)24-25-16-19(31)26(10-8-22)21(33)27(11-9-23)20(16)32/h5-7,12,31H,3-4,10-11H2,1-2H3. The minimum Gasteiger partial charge on any atom is -0.493 e. The van der Waals surface area contributed by atoms with Gasteiger partial charge in [-0.3, -0.25) is 19.3 Å². The predicted molar refractivity (Wildman–Crippen MR) is 113 cm³/mol. The number of nitrogens with zero attached hydrogens (tertiary/aromatic N) is 7. The molecule has 3 rings (SSSR count). The third kappa shape index (κ3) is 3.78. The fourth-order valence-corrected chi connectivity index (χ4v) is 3.64. The molecule has 2 aromatic rings. The SMILES string of the molecule is CCC(CC)N1C(=O)c2cccc(N=Nc3c(O)n(CC#N)c(=O)n(CC#N)c3=O)c2C1=O. The summed E-state index contributed by atoms with van der Waals surface area (Å²) >= 11 is 0. The van der Waals surface area contributed by atoms with E-state index in [0.717, 1.165) is 0 Å². The number of amides is 2. The van der Waals surface area contributed by atoms with Gasteiger partial charge in [0, 0.05) is 6.04 Å². The Morgan fingerprint density at radius 2 is 1.61 bits per heavy atom. The molecule has 0 fully saturated rings. The number of aromatic nitrogens is 2. The van der Waals surface area contributed by atoms with Crippen molar-refractivity contribution in [1.82, 2.24) is 14.0 Å². The van der Waals surface area contributed by atoms with Crippen LogP contribution < -0.4 is 11.2 Å². The third-order valence-electron chi connectivity index (χ3n) is 5.32. The van der Waals surface area contributed by atoms with Crippen LogP contribution in [-0.4, -0.2) is 37.0 Å². The molecule has 0 saturated carbocycles. The summed E-state index contributed by atoms with van der Waals surface area (Å²) in [5.41, 5.74) is -2.69. The van der Waals surface area contributed by atoms with Gasteiger partial charge < -0.3 is 5.11 Å². The highest BCUT2D eigenvalue weighted by Gasteiger charge is 2.40. The van der Waals surface area contributed by atoms with Crippen molar-refractivity contribution in [3.63, 3.8) is 0 Å². The molecule has 1 aromatic carbocycles. The van der Waals surface area contributed by atoms with Crippen molar-refractivity contribution in [2.24, 2.45) is 10.2 Å². The quantitative estimate of drug-likeness (QED) is 0.496. The molecule has 1 aliphatic heterocycles. The van der Waals surface area contributed by atoms with Gasteiger partial charge in [-0.05, 0) is 25.0 Å². The fourth-order valence-electron chi connectivity index (χ4n) is 3.64. The molecular weight excluding hydrogens is 430 g/mol. The van der Waals surface area contributed by atoms with Gasteiger partial charge in [0.25, 0.3) is 17.4 Å². The summed E-state index contributed by atoms with van der Waals surface area (Å²) in [6, 6.07) is 7.43. The predicted octanol–water partition coefficient (Wildman–Crippen LogP) is 1.96. The number of carbonyl (C=O) groups is 2. The van der Waals surface area contributed by atoms with Crippen LogP contribution in [0.2, 0.25) is 0 Å². The molecule has 0 aliphatic carbocycles. The molecule has 12 heteroatoms. The number of azo groups is 1. The van der Waals surface area contributed by atoms with Gasteiger partial charge in [0.1, 0.15) is 13.1 Å². The number of imide groups is 1. The average Bonchev–Trinajstić information content (AvgIpc) is 3.06. The zero-order valence-corrected chi connectivity index (χ0v) is 17.8.